The van der Waals surface area contributed by atoms with Crippen LogP contribution in [0.5, 0.6) is 5.88 Å². The molecule has 1 saturated heterocycles. The predicted octanol–water partition coefficient (Wildman–Crippen LogP) is 1.24. The highest BCUT2D eigenvalue weighted by molar-refractivity contribution is 5.59. The second-order valence-electron chi connectivity index (χ2n) is 8.83. The molecule has 1 fully saturated rings. The molecular weight excluding hydrogens is 486 g/mol. The highest BCUT2D eigenvalue weighted by Crippen LogP contribution is 2.35. The normalized spacial score (nSPS) is 26.2. The third-order valence-electron chi connectivity index (χ3n) is 5.97. The Morgan fingerprint density at radius 1 is 1.19 bits per heavy atom. The van der Waals surface area contributed by atoms with Crippen LogP contribution in [0.2, 0.25) is 0 Å². The Labute approximate surface area is 205 Å². The molecule has 5 atom stereocenters. The minimum atomic E-state index is -2.96. The van der Waals surface area contributed by atoms with Crippen molar-refractivity contribution in [1.29, 1.82) is 0 Å². The molecule has 4 N–H and O–H groups in total. The number of halogens is 2. The molecule has 36 heavy (non-hydrogen) atoms. The highest BCUT2D eigenvalue weighted by Gasteiger charge is 2.56. The lowest BCUT2D eigenvalue weighted by Gasteiger charge is -2.44. The molecule has 200 valence electrons. The zero-order chi connectivity index (χ0) is 26.9. The van der Waals surface area contributed by atoms with Crippen molar-refractivity contribution in [3.63, 3.8) is 0 Å². The fourth-order valence-electron chi connectivity index (χ4n) is 3.87. The number of aromatic nitrogens is 2. The summed E-state index contributed by atoms with van der Waals surface area (Å²) in [5.74, 6) is -5.31. The molecule has 13 heteroatoms. The third kappa shape index (κ3) is 5.30. The van der Waals surface area contributed by atoms with Gasteiger partial charge >= 0.3 is 12.1 Å². The van der Waals surface area contributed by atoms with Gasteiger partial charge in [-0.15, -0.1) is 5.10 Å². The largest absolute Gasteiger partial charge is 0.508 e. The average molecular weight is 516 g/mol. The van der Waals surface area contributed by atoms with Crippen LogP contribution in [0.15, 0.2) is 12.1 Å². The van der Waals surface area contributed by atoms with Crippen molar-refractivity contribution in [2.45, 2.75) is 70.5 Å². The van der Waals surface area contributed by atoms with Gasteiger partial charge in [0.15, 0.2) is 17.7 Å². The first-order chi connectivity index (χ1) is 16.8. The molecule has 1 aromatic heterocycles. The van der Waals surface area contributed by atoms with Crippen LogP contribution in [0, 0.1) is 25.5 Å². The van der Waals surface area contributed by atoms with Crippen molar-refractivity contribution in [2.75, 3.05) is 13.7 Å². The van der Waals surface area contributed by atoms with Gasteiger partial charge in [-0.2, -0.15) is 0 Å². The monoisotopic (exact) mass is 516 g/mol. The van der Waals surface area contributed by atoms with Crippen LogP contribution in [0.25, 0.3) is 0 Å². The van der Waals surface area contributed by atoms with Crippen LogP contribution in [-0.4, -0.2) is 80.5 Å². The van der Waals surface area contributed by atoms with Gasteiger partial charge in [0.25, 0.3) is 0 Å². The van der Waals surface area contributed by atoms with Crippen molar-refractivity contribution in [3.8, 4) is 5.88 Å². The molecule has 0 unspecified atom stereocenters. The summed E-state index contributed by atoms with van der Waals surface area (Å²) in [5, 5.41) is 46.3. The maximum atomic E-state index is 14.6. The van der Waals surface area contributed by atoms with E-state index in [4.69, 9.17) is 14.2 Å². The van der Waals surface area contributed by atoms with Crippen molar-refractivity contribution in [1.82, 2.24) is 9.78 Å². The number of aliphatic hydroxyl groups is 4. The summed E-state index contributed by atoms with van der Waals surface area (Å²) in [6, 6.07) is 2.62. The first-order valence-corrected chi connectivity index (χ1v) is 11.2. The first kappa shape index (κ1) is 27.7. The molecule has 2 aromatic rings. The van der Waals surface area contributed by atoms with E-state index < -0.39 is 54.8 Å². The number of aryl methyl sites for hydroxylation is 1. The lowest BCUT2D eigenvalue weighted by molar-refractivity contribution is -0.423. The van der Waals surface area contributed by atoms with Gasteiger partial charge in [-0.3, -0.25) is 4.68 Å². The van der Waals surface area contributed by atoms with Gasteiger partial charge in [0.1, 0.15) is 24.9 Å². The Bertz CT molecular complexity index is 1110. The summed E-state index contributed by atoms with van der Waals surface area (Å²) in [7, 11) is 1.05. The summed E-state index contributed by atoms with van der Waals surface area (Å²) in [5.41, 5.74) is 0.868. The van der Waals surface area contributed by atoms with E-state index in [2.05, 4.69) is 9.84 Å². The molecule has 0 aliphatic carbocycles. The second-order valence-corrected chi connectivity index (χ2v) is 8.83. The van der Waals surface area contributed by atoms with Gasteiger partial charge in [-0.1, -0.05) is 12.1 Å². The van der Waals surface area contributed by atoms with Crippen LogP contribution in [-0.2, 0) is 20.6 Å². The standard InChI is InChI=1S/C23H30F2N2O9/c1-10(2)27-12(4)14(8-13-7-6-11(3)16(24)17(13)25)21(26-27)36-23(32)20(30)19(29)18(28)15(35-23)9-34-22(31)33-5/h6-7,10,15,18-20,28-30,32H,8-9H2,1-5H3/t15-,18-,19+,20-,23+/m1/s1. The van der Waals surface area contributed by atoms with Crippen LogP contribution in [0.4, 0.5) is 13.6 Å². The highest BCUT2D eigenvalue weighted by atomic mass is 19.2. The molecule has 1 aliphatic heterocycles. The topological polar surface area (TPSA) is 153 Å². The maximum Gasteiger partial charge on any atom is 0.508 e. The van der Waals surface area contributed by atoms with E-state index in [1.165, 1.54) is 23.7 Å². The summed E-state index contributed by atoms with van der Waals surface area (Å²) in [4.78, 5) is 11.3. The number of aliphatic hydroxyl groups excluding tert-OH is 3. The molecule has 0 saturated carbocycles. The van der Waals surface area contributed by atoms with Gasteiger partial charge in [-0.05, 0) is 38.8 Å². The first-order valence-electron chi connectivity index (χ1n) is 11.2. The van der Waals surface area contributed by atoms with Gasteiger partial charge in [0.05, 0.1) is 7.11 Å². The lowest BCUT2D eigenvalue weighted by Crippen LogP contribution is -2.67. The summed E-state index contributed by atoms with van der Waals surface area (Å²) in [6.45, 7) is 6.03. The van der Waals surface area contributed by atoms with Crippen molar-refractivity contribution < 1.29 is 52.9 Å². The SMILES string of the molecule is COC(=O)OC[C@H]1O[C@](O)(Oc2nn(C(C)C)c(C)c2Cc2ccc(C)c(F)c2F)[C@H](O)[C@@H](O)[C@@H]1O. The quantitative estimate of drug-likeness (QED) is 0.312. The Morgan fingerprint density at radius 2 is 1.86 bits per heavy atom. The number of hydrogen-bond acceptors (Lipinski definition) is 10. The Kier molecular flexibility index (Phi) is 8.20. The Balaban J connectivity index is 1.98. The molecule has 1 aromatic carbocycles. The predicted molar refractivity (Wildman–Crippen MR) is 118 cm³/mol. The molecule has 1 aliphatic rings. The number of methoxy groups -OCH3 is 1. The van der Waals surface area contributed by atoms with Gasteiger partial charge in [-0.25, -0.2) is 13.6 Å². The third-order valence-corrected chi connectivity index (χ3v) is 5.97. The van der Waals surface area contributed by atoms with Crippen molar-refractivity contribution in [2.24, 2.45) is 0 Å². The Morgan fingerprint density at radius 3 is 2.47 bits per heavy atom. The van der Waals surface area contributed by atoms with E-state index in [1.54, 1.807) is 20.8 Å². The molecule has 2 heterocycles. The smallest absolute Gasteiger partial charge is 0.438 e. The lowest BCUT2D eigenvalue weighted by atomic mass is 9.97. The van der Waals surface area contributed by atoms with Crippen LogP contribution in [0.3, 0.4) is 0 Å². The number of rotatable bonds is 7. The second kappa shape index (κ2) is 10.6. The van der Waals surface area contributed by atoms with E-state index in [0.717, 1.165) is 7.11 Å². The fourth-order valence-corrected chi connectivity index (χ4v) is 3.87. The van der Waals surface area contributed by atoms with Crippen molar-refractivity contribution in [3.05, 3.63) is 46.2 Å². The fraction of sp³-hybridized carbons (Fsp3) is 0.565. The minimum Gasteiger partial charge on any atom is -0.438 e. The van der Waals surface area contributed by atoms with Gasteiger partial charge in [0.2, 0.25) is 5.88 Å². The van der Waals surface area contributed by atoms with Gasteiger partial charge in [0, 0.05) is 23.7 Å². The number of benzene rings is 1. The maximum absolute atomic E-state index is 14.6. The molecule has 0 bridgehead atoms. The van der Waals surface area contributed by atoms with Crippen LogP contribution >= 0.6 is 0 Å². The zero-order valence-electron chi connectivity index (χ0n) is 20.4. The molecule has 0 amide bonds. The Hall–Kier alpha value is -2.84. The van der Waals surface area contributed by atoms with E-state index in [0.29, 0.717) is 5.69 Å². The van der Waals surface area contributed by atoms with Crippen LogP contribution in [0.1, 0.15) is 42.3 Å². The molecular formula is C23H30F2N2O9. The average Bonchev–Trinajstić information content (AvgIpc) is 3.14. The van der Waals surface area contributed by atoms with Crippen LogP contribution < -0.4 is 4.74 Å². The van der Waals surface area contributed by atoms with E-state index in [1.807, 2.05) is 0 Å². The zero-order valence-corrected chi connectivity index (χ0v) is 20.4. The minimum absolute atomic E-state index is 0.00808. The summed E-state index contributed by atoms with van der Waals surface area (Å²) < 4.78 is 50.2. The summed E-state index contributed by atoms with van der Waals surface area (Å²) >= 11 is 0. The number of ether oxygens (including phenoxy) is 4. The van der Waals surface area contributed by atoms with Crippen molar-refractivity contribution >= 4 is 6.16 Å². The molecule has 0 radical (unpaired) electrons. The van der Waals surface area contributed by atoms with E-state index in [-0.39, 0.29) is 35.0 Å². The number of nitrogens with zero attached hydrogens (tertiary/aromatic N) is 2. The molecule has 11 nitrogen and oxygen atoms in total. The van der Waals surface area contributed by atoms with E-state index in [9.17, 15) is 34.0 Å². The van der Waals surface area contributed by atoms with Gasteiger partial charge < -0.3 is 39.4 Å². The molecule has 0 spiro atoms. The number of carbonyl (C=O) groups excluding carboxylic acids is 1. The summed E-state index contributed by atoms with van der Waals surface area (Å²) in [6.07, 6.45) is -8.77. The molecule has 3 rings (SSSR count). The number of hydrogen-bond donors (Lipinski definition) is 4. The number of carbonyl (C=O) groups is 1. The van der Waals surface area contributed by atoms with E-state index >= 15 is 0 Å².